The maximum atomic E-state index is 12.8. The average Bonchev–Trinajstić information content (AvgIpc) is 3.05. The van der Waals surface area contributed by atoms with Crippen molar-refractivity contribution in [3.05, 3.63) is 35.4 Å². The van der Waals surface area contributed by atoms with Crippen LogP contribution in [0.5, 0.6) is 0 Å². The standard InChI is InChI=1S/C11H12F2O.C2H5NO2/c1-6-2-10(6)11(14)7-3-8(12)5-9(13)4-7;3-1-2(4)5/h3-6,10-11,14H,2H2,1H3;1,3H2,(H,4,5). The number of hydrogen-bond donors (Lipinski definition) is 3. The highest BCUT2D eigenvalue weighted by Crippen LogP contribution is 2.46. The summed E-state index contributed by atoms with van der Waals surface area (Å²) < 4.78 is 25.6. The SMILES string of the molecule is CC1CC1C(O)c1cc(F)cc(F)c1.NCC(=O)O. The molecule has 4 nitrogen and oxygen atoms in total. The van der Waals surface area contributed by atoms with Crippen molar-refractivity contribution in [2.24, 2.45) is 17.6 Å². The molecule has 19 heavy (non-hydrogen) atoms. The number of aliphatic hydroxyl groups excluding tert-OH is 1. The fraction of sp³-hybridized carbons (Fsp3) is 0.462. The van der Waals surface area contributed by atoms with E-state index in [1.54, 1.807) is 0 Å². The summed E-state index contributed by atoms with van der Waals surface area (Å²) in [5.41, 5.74) is 4.92. The second-order valence-electron chi connectivity index (χ2n) is 4.62. The molecule has 1 aliphatic carbocycles. The molecule has 1 saturated carbocycles. The number of nitrogens with two attached hydrogens (primary N) is 1. The number of aliphatic hydroxyl groups is 1. The first-order valence-corrected chi connectivity index (χ1v) is 5.91. The summed E-state index contributed by atoms with van der Waals surface area (Å²) in [6.45, 7) is 1.74. The second kappa shape index (κ2) is 6.58. The van der Waals surface area contributed by atoms with Gasteiger partial charge in [0.05, 0.1) is 12.6 Å². The van der Waals surface area contributed by atoms with Crippen molar-refractivity contribution in [3.8, 4) is 0 Å². The van der Waals surface area contributed by atoms with Crippen molar-refractivity contribution < 1.29 is 23.8 Å². The highest BCUT2D eigenvalue weighted by molar-refractivity contribution is 5.68. The quantitative estimate of drug-likeness (QED) is 0.782. The Labute approximate surface area is 109 Å². The molecule has 4 N–H and O–H groups in total. The van der Waals surface area contributed by atoms with E-state index in [1.807, 2.05) is 6.92 Å². The van der Waals surface area contributed by atoms with Crippen LogP contribution in [0.3, 0.4) is 0 Å². The van der Waals surface area contributed by atoms with Crippen LogP contribution in [-0.2, 0) is 4.79 Å². The number of halogens is 2. The molecule has 0 heterocycles. The van der Waals surface area contributed by atoms with Crippen LogP contribution in [0.15, 0.2) is 18.2 Å². The van der Waals surface area contributed by atoms with Gasteiger partial charge in [0.15, 0.2) is 0 Å². The van der Waals surface area contributed by atoms with Crippen molar-refractivity contribution in [1.82, 2.24) is 0 Å². The zero-order valence-corrected chi connectivity index (χ0v) is 10.5. The summed E-state index contributed by atoms with van der Waals surface area (Å²) in [5, 5.41) is 17.3. The van der Waals surface area contributed by atoms with Gasteiger partial charge in [-0.15, -0.1) is 0 Å². The molecule has 0 saturated heterocycles. The highest BCUT2D eigenvalue weighted by Gasteiger charge is 2.39. The van der Waals surface area contributed by atoms with Crippen molar-refractivity contribution in [2.45, 2.75) is 19.4 Å². The molecule has 1 aromatic rings. The van der Waals surface area contributed by atoms with E-state index in [0.717, 1.165) is 12.5 Å². The van der Waals surface area contributed by atoms with Gasteiger partial charge in [-0.1, -0.05) is 6.92 Å². The van der Waals surface area contributed by atoms with E-state index < -0.39 is 23.7 Å². The van der Waals surface area contributed by atoms with E-state index in [1.165, 1.54) is 12.1 Å². The average molecular weight is 273 g/mol. The van der Waals surface area contributed by atoms with Gasteiger partial charge in [0.1, 0.15) is 11.6 Å². The first kappa shape index (κ1) is 15.5. The van der Waals surface area contributed by atoms with Gasteiger partial charge in [-0.2, -0.15) is 0 Å². The molecule has 6 heteroatoms. The van der Waals surface area contributed by atoms with Crippen LogP contribution in [0, 0.1) is 23.5 Å². The molecule has 2 rings (SSSR count). The van der Waals surface area contributed by atoms with Gasteiger partial charge in [0.25, 0.3) is 0 Å². The zero-order valence-electron chi connectivity index (χ0n) is 10.5. The summed E-state index contributed by atoms with van der Waals surface area (Å²) in [6, 6.07) is 3.20. The van der Waals surface area contributed by atoms with Gasteiger partial charge in [-0.25, -0.2) is 8.78 Å². The first-order valence-electron chi connectivity index (χ1n) is 5.91. The maximum absolute atomic E-state index is 12.8. The largest absolute Gasteiger partial charge is 0.480 e. The van der Waals surface area contributed by atoms with Crippen molar-refractivity contribution >= 4 is 5.97 Å². The van der Waals surface area contributed by atoms with Crippen LogP contribution < -0.4 is 5.73 Å². The first-order chi connectivity index (χ1) is 8.85. The van der Waals surface area contributed by atoms with Crippen LogP contribution in [0.2, 0.25) is 0 Å². The van der Waals surface area contributed by atoms with Crippen molar-refractivity contribution in [1.29, 1.82) is 0 Å². The van der Waals surface area contributed by atoms with Crippen LogP contribution >= 0.6 is 0 Å². The number of hydrogen-bond acceptors (Lipinski definition) is 3. The molecular formula is C13H17F2NO3. The van der Waals surface area contributed by atoms with Crippen LogP contribution in [0.1, 0.15) is 25.0 Å². The molecule has 0 radical (unpaired) electrons. The van der Waals surface area contributed by atoms with Gasteiger partial charge in [0, 0.05) is 6.07 Å². The van der Waals surface area contributed by atoms with Crippen LogP contribution in [0.4, 0.5) is 8.78 Å². The smallest absolute Gasteiger partial charge is 0.317 e. The third kappa shape index (κ3) is 4.92. The van der Waals surface area contributed by atoms with E-state index in [2.05, 4.69) is 5.73 Å². The summed E-state index contributed by atoms with van der Waals surface area (Å²) in [4.78, 5) is 9.24. The number of carbonyl (C=O) groups is 1. The van der Waals surface area contributed by atoms with Gasteiger partial charge < -0.3 is 15.9 Å². The third-order valence-electron chi connectivity index (χ3n) is 2.98. The molecule has 1 aromatic carbocycles. The molecule has 3 atom stereocenters. The number of aliphatic carboxylic acids is 1. The summed E-state index contributed by atoms with van der Waals surface area (Å²) >= 11 is 0. The van der Waals surface area contributed by atoms with Crippen molar-refractivity contribution in [2.75, 3.05) is 6.54 Å². The third-order valence-corrected chi connectivity index (χ3v) is 2.98. The minimum Gasteiger partial charge on any atom is -0.480 e. The molecule has 1 fully saturated rings. The fourth-order valence-electron chi connectivity index (χ4n) is 1.78. The Morgan fingerprint density at radius 2 is 1.84 bits per heavy atom. The number of carboxylic acid groups (broad SMARTS) is 1. The molecule has 0 aliphatic heterocycles. The lowest BCUT2D eigenvalue weighted by Gasteiger charge is -2.10. The Bertz CT molecular complexity index is 433. The zero-order chi connectivity index (χ0) is 14.6. The highest BCUT2D eigenvalue weighted by atomic mass is 19.1. The molecule has 0 aromatic heterocycles. The molecule has 106 valence electrons. The molecule has 0 bridgehead atoms. The van der Waals surface area contributed by atoms with E-state index in [-0.39, 0.29) is 12.5 Å². The Balaban J connectivity index is 0.000000312. The van der Waals surface area contributed by atoms with E-state index in [4.69, 9.17) is 5.11 Å². The van der Waals surface area contributed by atoms with E-state index in [9.17, 15) is 18.7 Å². The molecule has 3 unspecified atom stereocenters. The predicted molar refractivity (Wildman–Crippen MR) is 65.3 cm³/mol. The van der Waals surface area contributed by atoms with E-state index >= 15 is 0 Å². The lowest BCUT2D eigenvalue weighted by atomic mass is 10.0. The maximum Gasteiger partial charge on any atom is 0.317 e. The monoisotopic (exact) mass is 273 g/mol. The molecular weight excluding hydrogens is 256 g/mol. The number of rotatable bonds is 3. The lowest BCUT2D eigenvalue weighted by molar-refractivity contribution is -0.135. The summed E-state index contributed by atoms with van der Waals surface area (Å²) in [5.74, 6) is -1.61. The topological polar surface area (TPSA) is 83.5 Å². The molecule has 0 amide bonds. The van der Waals surface area contributed by atoms with Gasteiger partial charge in [-0.3, -0.25) is 4.79 Å². The van der Waals surface area contributed by atoms with Gasteiger partial charge in [-0.05, 0) is 36.0 Å². The van der Waals surface area contributed by atoms with E-state index in [0.29, 0.717) is 11.5 Å². The lowest BCUT2D eigenvalue weighted by Crippen LogP contribution is -2.10. The predicted octanol–water partition coefficient (Wildman–Crippen LogP) is 1.68. The van der Waals surface area contributed by atoms with Crippen LogP contribution in [0.25, 0.3) is 0 Å². The minimum absolute atomic E-state index is 0.163. The Kier molecular flexibility index (Phi) is 5.38. The van der Waals surface area contributed by atoms with Gasteiger partial charge >= 0.3 is 5.97 Å². The van der Waals surface area contributed by atoms with Gasteiger partial charge in [0.2, 0.25) is 0 Å². The number of carboxylic acids is 1. The fourth-order valence-corrected chi connectivity index (χ4v) is 1.78. The second-order valence-corrected chi connectivity index (χ2v) is 4.62. The Hall–Kier alpha value is -1.53. The Morgan fingerprint density at radius 3 is 2.16 bits per heavy atom. The molecule has 0 spiro atoms. The minimum atomic E-state index is -0.968. The summed E-state index contributed by atoms with van der Waals surface area (Å²) in [7, 11) is 0. The normalized spacial score (nSPS) is 22.2. The summed E-state index contributed by atoms with van der Waals surface area (Å²) in [6.07, 6.45) is 0.203. The van der Waals surface area contributed by atoms with Crippen molar-refractivity contribution in [3.63, 3.8) is 0 Å². The molecule has 1 aliphatic rings. The number of benzene rings is 1. The van der Waals surface area contributed by atoms with Crippen LogP contribution in [-0.4, -0.2) is 22.7 Å². The Morgan fingerprint density at radius 1 is 1.42 bits per heavy atom.